The third-order valence-corrected chi connectivity index (χ3v) is 2.97. The van der Waals surface area contributed by atoms with Crippen LogP contribution in [0.4, 0.5) is 0 Å². The Labute approximate surface area is 85.1 Å². The van der Waals surface area contributed by atoms with E-state index in [9.17, 15) is 0 Å². The minimum atomic E-state index is 1.08. The van der Waals surface area contributed by atoms with Crippen molar-refractivity contribution in [2.75, 3.05) is 0 Å². The fraction of sp³-hybridized carbons (Fsp3) is 0. The number of aromatic nitrogens is 1. The van der Waals surface area contributed by atoms with Crippen LogP contribution >= 0.6 is 11.9 Å². The lowest BCUT2D eigenvalue weighted by Gasteiger charge is -1.91. The number of hydrogen-bond acceptors (Lipinski definition) is 3. The van der Waals surface area contributed by atoms with Gasteiger partial charge in [0.05, 0.1) is 16.8 Å². The molecule has 1 aromatic heterocycles. The van der Waals surface area contributed by atoms with Crippen LogP contribution in [0.25, 0.3) is 17.0 Å². The Bertz CT molecular complexity index is 539. The first-order chi connectivity index (χ1) is 6.95. The first-order valence-electron chi connectivity index (χ1n) is 4.29. The van der Waals surface area contributed by atoms with E-state index in [1.54, 1.807) is 6.20 Å². The molecule has 0 unspecified atom stereocenters. The quantitative estimate of drug-likeness (QED) is 0.650. The zero-order chi connectivity index (χ0) is 9.38. The zero-order valence-corrected chi connectivity index (χ0v) is 8.08. The lowest BCUT2D eigenvalue weighted by atomic mass is 10.2. The van der Waals surface area contributed by atoms with Crippen LogP contribution < -0.4 is 0 Å². The fourth-order valence-corrected chi connectivity index (χ4v) is 2.23. The molecular weight excluding hydrogens is 194 g/mol. The van der Waals surface area contributed by atoms with Gasteiger partial charge in [0.1, 0.15) is 0 Å². The van der Waals surface area contributed by atoms with Gasteiger partial charge in [0.15, 0.2) is 0 Å². The molecule has 2 heterocycles. The highest BCUT2D eigenvalue weighted by molar-refractivity contribution is 7.98. The van der Waals surface area contributed by atoms with Crippen LogP contribution in [0.1, 0.15) is 5.69 Å². The summed E-state index contributed by atoms with van der Waals surface area (Å²) in [6, 6.07) is 8.21. The Morgan fingerprint density at radius 1 is 1.21 bits per heavy atom. The molecule has 1 aliphatic rings. The highest BCUT2D eigenvalue weighted by Crippen LogP contribution is 2.34. The van der Waals surface area contributed by atoms with Gasteiger partial charge in [-0.15, -0.1) is 4.52 Å². The summed E-state index contributed by atoms with van der Waals surface area (Å²) in [5.41, 5.74) is 2.23. The van der Waals surface area contributed by atoms with Crippen molar-refractivity contribution in [3.05, 3.63) is 36.2 Å². The molecule has 0 radical (unpaired) electrons. The minimum absolute atomic E-state index is 1.08. The largest absolute Gasteiger partial charge is 0.354 e. The van der Waals surface area contributed by atoms with E-state index in [-0.39, 0.29) is 0 Å². The standard InChI is InChI=1S/C10H7N3S/c1-2-4-8-7(3-1)10-9(12-8)5-6-11-13-14-10/h1-6,12H. The molecule has 3 nitrogen and oxygen atoms in total. The first-order valence-corrected chi connectivity index (χ1v) is 5.07. The van der Waals surface area contributed by atoms with Gasteiger partial charge in [-0.2, -0.15) is 5.11 Å². The highest BCUT2D eigenvalue weighted by atomic mass is 32.2. The van der Waals surface area contributed by atoms with E-state index in [4.69, 9.17) is 0 Å². The van der Waals surface area contributed by atoms with Crippen LogP contribution in [0, 0.1) is 0 Å². The molecule has 1 aromatic carbocycles. The Hall–Kier alpha value is -1.55. The van der Waals surface area contributed by atoms with Crippen LogP contribution in [0.15, 0.2) is 45.0 Å². The summed E-state index contributed by atoms with van der Waals surface area (Å²) in [5.74, 6) is 0. The Morgan fingerprint density at radius 3 is 3.14 bits per heavy atom. The van der Waals surface area contributed by atoms with Gasteiger partial charge < -0.3 is 4.98 Å². The van der Waals surface area contributed by atoms with E-state index in [1.165, 1.54) is 17.3 Å². The van der Waals surface area contributed by atoms with Crippen molar-refractivity contribution in [3.8, 4) is 0 Å². The van der Waals surface area contributed by atoms with Gasteiger partial charge in [0, 0.05) is 22.9 Å². The number of fused-ring (bicyclic) bond motifs is 3. The van der Waals surface area contributed by atoms with E-state index < -0.39 is 0 Å². The van der Waals surface area contributed by atoms with Gasteiger partial charge in [-0.05, 0) is 12.1 Å². The monoisotopic (exact) mass is 201 g/mol. The number of nitrogens with zero attached hydrogens (tertiary/aromatic N) is 2. The molecule has 14 heavy (non-hydrogen) atoms. The van der Waals surface area contributed by atoms with Crippen molar-refractivity contribution in [3.63, 3.8) is 0 Å². The van der Waals surface area contributed by atoms with Gasteiger partial charge in [0.2, 0.25) is 0 Å². The highest BCUT2D eigenvalue weighted by Gasteiger charge is 2.10. The predicted molar refractivity (Wildman–Crippen MR) is 58.0 cm³/mol. The summed E-state index contributed by atoms with van der Waals surface area (Å²) in [6.07, 6.45) is 3.65. The normalized spacial score (nSPS) is 14.3. The van der Waals surface area contributed by atoms with Gasteiger partial charge in [-0.25, -0.2) is 0 Å². The van der Waals surface area contributed by atoms with Crippen LogP contribution in [0.2, 0.25) is 0 Å². The zero-order valence-electron chi connectivity index (χ0n) is 7.27. The molecule has 1 N–H and O–H groups in total. The van der Waals surface area contributed by atoms with Crippen LogP contribution in [0.5, 0.6) is 0 Å². The summed E-state index contributed by atoms with van der Waals surface area (Å²) < 4.78 is 3.97. The molecule has 0 saturated heterocycles. The molecule has 4 heteroatoms. The average Bonchev–Trinajstić information content (AvgIpc) is 2.42. The van der Waals surface area contributed by atoms with E-state index in [2.05, 4.69) is 26.8 Å². The van der Waals surface area contributed by atoms with Crippen molar-refractivity contribution in [2.45, 2.75) is 4.90 Å². The minimum Gasteiger partial charge on any atom is -0.354 e. The third-order valence-electron chi connectivity index (χ3n) is 2.17. The molecule has 0 amide bonds. The molecule has 3 rings (SSSR count). The first kappa shape index (κ1) is 7.82. The summed E-state index contributed by atoms with van der Waals surface area (Å²) >= 11 is 1.41. The Kier molecular flexibility index (Phi) is 1.67. The van der Waals surface area contributed by atoms with Crippen molar-refractivity contribution in [2.24, 2.45) is 9.63 Å². The second-order valence-electron chi connectivity index (χ2n) is 3.02. The van der Waals surface area contributed by atoms with Crippen LogP contribution in [-0.2, 0) is 0 Å². The number of benzene rings is 1. The summed E-state index contributed by atoms with van der Waals surface area (Å²) in [4.78, 5) is 4.48. The molecule has 1 aliphatic heterocycles. The second kappa shape index (κ2) is 2.99. The third kappa shape index (κ3) is 1.08. The average molecular weight is 201 g/mol. The summed E-state index contributed by atoms with van der Waals surface area (Å²) in [6.45, 7) is 0. The number of H-pyrrole nitrogens is 1. The maximum absolute atomic E-state index is 3.97. The number of rotatable bonds is 0. The van der Waals surface area contributed by atoms with Gasteiger partial charge >= 0.3 is 0 Å². The van der Waals surface area contributed by atoms with Gasteiger partial charge in [0.25, 0.3) is 0 Å². The SMILES string of the molecule is C1=Cc2[nH]c3ccccc3c2SN=N1. The molecule has 0 atom stereocenters. The van der Waals surface area contributed by atoms with Crippen molar-refractivity contribution < 1.29 is 0 Å². The molecule has 0 bridgehead atoms. The van der Waals surface area contributed by atoms with Crippen LogP contribution in [0.3, 0.4) is 0 Å². The van der Waals surface area contributed by atoms with E-state index in [1.807, 2.05) is 18.2 Å². The van der Waals surface area contributed by atoms with E-state index in [0.717, 1.165) is 16.1 Å². The smallest absolute Gasteiger partial charge is 0.0652 e. The number of nitrogens with one attached hydrogen (secondary N) is 1. The lowest BCUT2D eigenvalue weighted by Crippen LogP contribution is -1.70. The van der Waals surface area contributed by atoms with Gasteiger partial charge in [-0.1, -0.05) is 18.2 Å². The van der Waals surface area contributed by atoms with Crippen LogP contribution in [-0.4, -0.2) is 4.98 Å². The van der Waals surface area contributed by atoms with Crippen molar-refractivity contribution >= 4 is 28.9 Å². The Morgan fingerprint density at radius 2 is 2.14 bits per heavy atom. The molecule has 0 spiro atoms. The molecule has 0 aliphatic carbocycles. The molecule has 0 saturated carbocycles. The summed E-state index contributed by atoms with van der Waals surface area (Å²) in [7, 11) is 0. The maximum Gasteiger partial charge on any atom is 0.0652 e. The van der Waals surface area contributed by atoms with E-state index in [0.29, 0.717) is 0 Å². The molecular formula is C10H7N3S. The second-order valence-corrected chi connectivity index (χ2v) is 3.77. The van der Waals surface area contributed by atoms with E-state index >= 15 is 0 Å². The fourth-order valence-electron chi connectivity index (χ4n) is 1.55. The van der Waals surface area contributed by atoms with Crippen molar-refractivity contribution in [1.29, 1.82) is 0 Å². The molecule has 68 valence electrons. The number of para-hydroxylation sites is 1. The molecule has 0 fully saturated rings. The maximum atomic E-state index is 3.97. The van der Waals surface area contributed by atoms with Gasteiger partial charge in [-0.3, -0.25) is 0 Å². The summed E-state index contributed by atoms with van der Waals surface area (Å²) in [5, 5.41) is 5.06. The Balaban J connectivity index is 2.37. The lowest BCUT2D eigenvalue weighted by molar-refractivity contribution is 1.35. The molecule has 2 aromatic rings. The number of hydrogen-bond donors (Lipinski definition) is 1. The number of aromatic amines is 1. The topological polar surface area (TPSA) is 40.5 Å². The predicted octanol–water partition coefficient (Wildman–Crippen LogP) is 3.61. The van der Waals surface area contributed by atoms with Crippen molar-refractivity contribution in [1.82, 2.24) is 4.98 Å².